The lowest BCUT2D eigenvalue weighted by Gasteiger charge is -2.29. The molecule has 1 unspecified atom stereocenters. The van der Waals surface area contributed by atoms with Gasteiger partial charge in [-0.25, -0.2) is 0 Å². The van der Waals surface area contributed by atoms with E-state index >= 15 is 0 Å². The van der Waals surface area contributed by atoms with Crippen LogP contribution in [0.1, 0.15) is 46.3 Å². The lowest BCUT2D eigenvalue weighted by Crippen LogP contribution is -2.33. The topological polar surface area (TPSA) is 21.3 Å². The Morgan fingerprint density at radius 1 is 1.22 bits per heavy atom. The highest BCUT2D eigenvalue weighted by atomic mass is 35.5. The number of benzene rings is 1. The Balaban J connectivity index is 2.86. The van der Waals surface area contributed by atoms with Crippen molar-refractivity contribution in [3.05, 3.63) is 34.9 Å². The molecule has 0 aliphatic carbocycles. The van der Waals surface area contributed by atoms with E-state index in [1.165, 1.54) is 0 Å². The second-order valence-electron chi connectivity index (χ2n) is 5.80. The van der Waals surface area contributed by atoms with Gasteiger partial charge in [0.15, 0.2) is 0 Å². The van der Waals surface area contributed by atoms with E-state index in [0.29, 0.717) is 6.04 Å². The fourth-order valence-electron chi connectivity index (χ4n) is 1.72. The SMILES string of the molecule is CC(C)NCC(OC(C)(C)C)c1ccccc1Cl. The maximum absolute atomic E-state index is 6.26. The molecular formula is C15H24ClNO. The van der Waals surface area contributed by atoms with Crippen molar-refractivity contribution < 1.29 is 4.74 Å². The minimum absolute atomic E-state index is 0.0268. The maximum atomic E-state index is 6.26. The van der Waals surface area contributed by atoms with E-state index in [-0.39, 0.29) is 11.7 Å². The van der Waals surface area contributed by atoms with E-state index in [0.717, 1.165) is 17.1 Å². The summed E-state index contributed by atoms with van der Waals surface area (Å²) in [5, 5.41) is 4.17. The Morgan fingerprint density at radius 3 is 2.33 bits per heavy atom. The van der Waals surface area contributed by atoms with Crippen LogP contribution in [0.25, 0.3) is 0 Å². The lowest BCUT2D eigenvalue weighted by molar-refractivity contribution is -0.0611. The number of hydrogen-bond acceptors (Lipinski definition) is 2. The molecule has 0 aliphatic heterocycles. The average molecular weight is 270 g/mol. The van der Waals surface area contributed by atoms with Crippen molar-refractivity contribution in [3.8, 4) is 0 Å². The predicted octanol–water partition coefficient (Wildman–Crippen LogP) is 4.19. The Kier molecular flexibility index (Phi) is 5.64. The minimum atomic E-state index is -0.192. The van der Waals surface area contributed by atoms with Gasteiger partial charge in [-0.2, -0.15) is 0 Å². The van der Waals surface area contributed by atoms with Crippen LogP contribution < -0.4 is 5.32 Å². The standard InChI is InChI=1S/C15H24ClNO/c1-11(2)17-10-14(18-15(3,4)5)12-8-6-7-9-13(12)16/h6-9,11,14,17H,10H2,1-5H3. The van der Waals surface area contributed by atoms with Gasteiger partial charge < -0.3 is 10.1 Å². The first-order valence-corrected chi connectivity index (χ1v) is 6.83. The fourth-order valence-corrected chi connectivity index (χ4v) is 1.98. The summed E-state index contributed by atoms with van der Waals surface area (Å²) in [6.45, 7) is 11.2. The van der Waals surface area contributed by atoms with Gasteiger partial charge in [0.2, 0.25) is 0 Å². The first kappa shape index (κ1) is 15.5. The molecule has 0 aromatic heterocycles. The molecule has 0 amide bonds. The number of halogens is 1. The molecule has 0 spiro atoms. The molecule has 1 N–H and O–H groups in total. The summed E-state index contributed by atoms with van der Waals surface area (Å²) in [5.41, 5.74) is 0.852. The Bertz CT molecular complexity index is 371. The van der Waals surface area contributed by atoms with E-state index in [4.69, 9.17) is 16.3 Å². The van der Waals surface area contributed by atoms with Crippen molar-refractivity contribution in [2.45, 2.75) is 52.4 Å². The Labute approximate surface area is 116 Å². The van der Waals surface area contributed by atoms with Crippen LogP contribution in [0.4, 0.5) is 0 Å². The molecule has 18 heavy (non-hydrogen) atoms. The molecule has 2 nitrogen and oxygen atoms in total. The van der Waals surface area contributed by atoms with Gasteiger partial charge in [0.25, 0.3) is 0 Å². The van der Waals surface area contributed by atoms with E-state index in [9.17, 15) is 0 Å². The lowest BCUT2D eigenvalue weighted by atomic mass is 10.1. The van der Waals surface area contributed by atoms with E-state index < -0.39 is 0 Å². The van der Waals surface area contributed by atoms with Gasteiger partial charge in [-0.1, -0.05) is 43.6 Å². The smallest absolute Gasteiger partial charge is 0.0970 e. The highest BCUT2D eigenvalue weighted by molar-refractivity contribution is 6.31. The second kappa shape index (κ2) is 6.55. The highest BCUT2D eigenvalue weighted by Crippen LogP contribution is 2.28. The van der Waals surface area contributed by atoms with Crippen LogP contribution >= 0.6 is 11.6 Å². The van der Waals surface area contributed by atoms with Crippen LogP contribution in [0.2, 0.25) is 5.02 Å². The van der Waals surface area contributed by atoms with Crippen LogP contribution in [0.15, 0.2) is 24.3 Å². The van der Waals surface area contributed by atoms with Gasteiger partial charge >= 0.3 is 0 Å². The van der Waals surface area contributed by atoms with Gasteiger partial charge in [-0.05, 0) is 26.8 Å². The number of hydrogen-bond donors (Lipinski definition) is 1. The largest absolute Gasteiger partial charge is 0.367 e. The van der Waals surface area contributed by atoms with Crippen molar-refractivity contribution >= 4 is 11.6 Å². The van der Waals surface area contributed by atoms with Crippen LogP contribution in [0, 0.1) is 0 Å². The summed E-state index contributed by atoms with van der Waals surface area (Å²) in [4.78, 5) is 0. The summed E-state index contributed by atoms with van der Waals surface area (Å²) in [6.07, 6.45) is -0.0268. The summed E-state index contributed by atoms with van der Waals surface area (Å²) in [7, 11) is 0. The van der Waals surface area contributed by atoms with Gasteiger partial charge in [0, 0.05) is 23.2 Å². The van der Waals surface area contributed by atoms with Crippen molar-refractivity contribution in [3.63, 3.8) is 0 Å². The number of ether oxygens (including phenoxy) is 1. The van der Waals surface area contributed by atoms with Gasteiger partial charge in [-0.15, -0.1) is 0 Å². The zero-order valence-corrected chi connectivity index (χ0v) is 12.7. The highest BCUT2D eigenvalue weighted by Gasteiger charge is 2.22. The summed E-state index contributed by atoms with van der Waals surface area (Å²) >= 11 is 6.26. The fraction of sp³-hybridized carbons (Fsp3) is 0.600. The third-order valence-electron chi connectivity index (χ3n) is 2.46. The second-order valence-corrected chi connectivity index (χ2v) is 6.21. The molecule has 1 rings (SSSR count). The summed E-state index contributed by atoms with van der Waals surface area (Å²) in [5.74, 6) is 0. The zero-order valence-electron chi connectivity index (χ0n) is 12.0. The third-order valence-corrected chi connectivity index (χ3v) is 2.80. The predicted molar refractivity (Wildman–Crippen MR) is 78.2 cm³/mol. The minimum Gasteiger partial charge on any atom is -0.367 e. The molecule has 0 radical (unpaired) electrons. The molecular weight excluding hydrogens is 246 g/mol. The number of nitrogens with one attached hydrogen (secondary N) is 1. The molecule has 102 valence electrons. The Morgan fingerprint density at radius 2 is 1.83 bits per heavy atom. The van der Waals surface area contributed by atoms with Crippen molar-refractivity contribution in [2.24, 2.45) is 0 Å². The van der Waals surface area contributed by atoms with Gasteiger partial charge in [-0.3, -0.25) is 0 Å². The Hall–Kier alpha value is -0.570. The van der Waals surface area contributed by atoms with Crippen LogP contribution in [0.5, 0.6) is 0 Å². The zero-order chi connectivity index (χ0) is 13.8. The van der Waals surface area contributed by atoms with Crippen LogP contribution in [0.3, 0.4) is 0 Å². The molecule has 0 saturated carbocycles. The molecule has 3 heteroatoms. The molecule has 0 saturated heterocycles. The van der Waals surface area contributed by atoms with E-state index in [1.807, 2.05) is 24.3 Å². The maximum Gasteiger partial charge on any atom is 0.0970 e. The first-order valence-electron chi connectivity index (χ1n) is 6.45. The normalized spacial score (nSPS) is 13.9. The quantitative estimate of drug-likeness (QED) is 0.865. The van der Waals surface area contributed by atoms with Crippen molar-refractivity contribution in [1.29, 1.82) is 0 Å². The van der Waals surface area contributed by atoms with Gasteiger partial charge in [0.1, 0.15) is 0 Å². The summed E-state index contributed by atoms with van der Waals surface area (Å²) in [6, 6.07) is 8.30. The molecule has 1 atom stereocenters. The molecule has 1 aromatic rings. The molecule has 0 fully saturated rings. The van der Waals surface area contributed by atoms with Crippen LogP contribution in [-0.2, 0) is 4.74 Å². The molecule has 0 heterocycles. The van der Waals surface area contributed by atoms with Crippen LogP contribution in [-0.4, -0.2) is 18.2 Å². The average Bonchev–Trinajstić information content (AvgIpc) is 2.23. The monoisotopic (exact) mass is 269 g/mol. The molecule has 0 bridgehead atoms. The van der Waals surface area contributed by atoms with E-state index in [1.54, 1.807) is 0 Å². The molecule has 1 aromatic carbocycles. The summed E-state index contributed by atoms with van der Waals surface area (Å²) < 4.78 is 6.11. The number of rotatable bonds is 5. The van der Waals surface area contributed by atoms with Gasteiger partial charge in [0.05, 0.1) is 11.7 Å². The molecule has 0 aliphatic rings. The third kappa shape index (κ3) is 5.38. The first-order chi connectivity index (χ1) is 8.29. The van der Waals surface area contributed by atoms with E-state index in [2.05, 4.69) is 39.9 Å². The van der Waals surface area contributed by atoms with Crippen molar-refractivity contribution in [2.75, 3.05) is 6.54 Å². The van der Waals surface area contributed by atoms with Crippen molar-refractivity contribution in [1.82, 2.24) is 5.32 Å².